The minimum Gasteiger partial charge on any atom is -0.367 e. The SMILES string of the molecule is CNC(C)Cc1nc(COCC(F)(F)C(F)F)no1. The molecule has 0 aliphatic rings. The van der Waals surface area contributed by atoms with Crippen molar-refractivity contribution < 1.29 is 26.8 Å². The Balaban J connectivity index is 2.38. The van der Waals surface area contributed by atoms with Gasteiger partial charge in [0.05, 0.1) is 0 Å². The van der Waals surface area contributed by atoms with Gasteiger partial charge in [0.25, 0.3) is 0 Å². The molecule has 1 aromatic rings. The minimum atomic E-state index is -4.17. The largest absolute Gasteiger partial charge is 0.367 e. The van der Waals surface area contributed by atoms with Crippen LogP contribution in [0.5, 0.6) is 0 Å². The van der Waals surface area contributed by atoms with Crippen LogP contribution in [0.4, 0.5) is 17.6 Å². The van der Waals surface area contributed by atoms with E-state index in [2.05, 4.69) is 20.2 Å². The fourth-order valence-corrected chi connectivity index (χ4v) is 1.14. The van der Waals surface area contributed by atoms with E-state index in [0.29, 0.717) is 12.3 Å². The topological polar surface area (TPSA) is 60.2 Å². The molecule has 19 heavy (non-hydrogen) atoms. The first kappa shape index (κ1) is 15.8. The first-order chi connectivity index (χ1) is 8.85. The molecule has 0 fully saturated rings. The second-order valence-corrected chi connectivity index (χ2v) is 4.05. The third-order valence-electron chi connectivity index (χ3n) is 2.33. The van der Waals surface area contributed by atoms with E-state index in [1.165, 1.54) is 0 Å². The lowest BCUT2D eigenvalue weighted by molar-refractivity contribution is -0.168. The van der Waals surface area contributed by atoms with Gasteiger partial charge >= 0.3 is 12.3 Å². The third kappa shape index (κ3) is 5.11. The average Bonchev–Trinajstić information content (AvgIpc) is 2.76. The summed E-state index contributed by atoms with van der Waals surface area (Å²) >= 11 is 0. The van der Waals surface area contributed by atoms with E-state index in [1.807, 2.05) is 6.92 Å². The Kier molecular flexibility index (Phi) is 5.67. The maximum Gasteiger partial charge on any atom is 0.330 e. The van der Waals surface area contributed by atoms with E-state index < -0.39 is 25.6 Å². The zero-order chi connectivity index (χ0) is 14.5. The summed E-state index contributed by atoms with van der Waals surface area (Å²) in [6.07, 6.45) is -3.29. The minimum absolute atomic E-state index is 0.0448. The van der Waals surface area contributed by atoms with Gasteiger partial charge in [-0.1, -0.05) is 5.16 Å². The highest BCUT2D eigenvalue weighted by atomic mass is 19.3. The van der Waals surface area contributed by atoms with E-state index in [0.717, 1.165) is 0 Å². The molecule has 0 aromatic carbocycles. The molecular formula is C10H15F4N3O2. The van der Waals surface area contributed by atoms with Gasteiger partial charge in [-0.25, -0.2) is 8.78 Å². The van der Waals surface area contributed by atoms with Gasteiger partial charge in [-0.3, -0.25) is 0 Å². The van der Waals surface area contributed by atoms with Gasteiger partial charge in [-0.2, -0.15) is 13.8 Å². The van der Waals surface area contributed by atoms with Crippen LogP contribution in [-0.2, 0) is 17.8 Å². The summed E-state index contributed by atoms with van der Waals surface area (Å²) < 4.78 is 58.0. The van der Waals surface area contributed by atoms with Gasteiger partial charge < -0.3 is 14.6 Å². The maximum atomic E-state index is 12.5. The number of nitrogens with one attached hydrogen (secondary N) is 1. The van der Waals surface area contributed by atoms with Crippen molar-refractivity contribution >= 4 is 0 Å². The second kappa shape index (κ2) is 6.80. The number of likely N-dealkylation sites (N-methyl/N-ethyl adjacent to an activating group) is 1. The molecule has 0 aliphatic carbocycles. The first-order valence-corrected chi connectivity index (χ1v) is 5.57. The predicted octanol–water partition coefficient (Wildman–Crippen LogP) is 1.64. The van der Waals surface area contributed by atoms with Crippen LogP contribution in [0.15, 0.2) is 4.52 Å². The molecule has 5 nitrogen and oxygen atoms in total. The highest BCUT2D eigenvalue weighted by Gasteiger charge is 2.41. The normalized spacial score (nSPS) is 14.1. The Morgan fingerprint density at radius 2 is 2.11 bits per heavy atom. The molecule has 1 rings (SSSR count). The third-order valence-corrected chi connectivity index (χ3v) is 2.33. The molecule has 1 atom stereocenters. The quantitative estimate of drug-likeness (QED) is 0.736. The Hall–Kier alpha value is -1.22. The van der Waals surface area contributed by atoms with Crippen LogP contribution in [0.2, 0.25) is 0 Å². The zero-order valence-electron chi connectivity index (χ0n) is 10.5. The van der Waals surface area contributed by atoms with Crippen molar-refractivity contribution in [3.8, 4) is 0 Å². The van der Waals surface area contributed by atoms with Crippen molar-refractivity contribution in [3.05, 3.63) is 11.7 Å². The number of rotatable bonds is 8. The van der Waals surface area contributed by atoms with Crippen molar-refractivity contribution in [2.45, 2.75) is 38.3 Å². The van der Waals surface area contributed by atoms with Crippen LogP contribution < -0.4 is 5.32 Å². The number of aromatic nitrogens is 2. The lowest BCUT2D eigenvalue weighted by atomic mass is 10.2. The fourth-order valence-electron chi connectivity index (χ4n) is 1.14. The van der Waals surface area contributed by atoms with E-state index in [-0.39, 0.29) is 11.9 Å². The molecular weight excluding hydrogens is 270 g/mol. The smallest absolute Gasteiger partial charge is 0.330 e. The number of nitrogens with zero attached hydrogens (tertiary/aromatic N) is 2. The van der Waals surface area contributed by atoms with E-state index >= 15 is 0 Å². The lowest BCUT2D eigenvalue weighted by Crippen LogP contribution is -2.32. The Bertz CT molecular complexity index is 387. The van der Waals surface area contributed by atoms with Crippen LogP contribution in [-0.4, -0.2) is 42.2 Å². The molecule has 0 saturated carbocycles. The van der Waals surface area contributed by atoms with E-state index in [1.54, 1.807) is 7.05 Å². The van der Waals surface area contributed by atoms with Gasteiger partial charge in [0.1, 0.15) is 13.2 Å². The molecule has 9 heteroatoms. The fraction of sp³-hybridized carbons (Fsp3) is 0.800. The molecule has 1 heterocycles. The highest BCUT2D eigenvalue weighted by molar-refractivity contribution is 4.87. The summed E-state index contributed by atoms with van der Waals surface area (Å²) in [4.78, 5) is 3.89. The van der Waals surface area contributed by atoms with Gasteiger partial charge in [0.2, 0.25) is 5.89 Å². The van der Waals surface area contributed by atoms with E-state index in [4.69, 9.17) is 4.52 Å². The maximum absolute atomic E-state index is 12.5. The Morgan fingerprint density at radius 3 is 2.68 bits per heavy atom. The van der Waals surface area contributed by atoms with Crippen molar-refractivity contribution in [2.75, 3.05) is 13.7 Å². The van der Waals surface area contributed by atoms with Gasteiger partial charge in [-0.05, 0) is 14.0 Å². The Morgan fingerprint density at radius 1 is 1.42 bits per heavy atom. The van der Waals surface area contributed by atoms with E-state index in [9.17, 15) is 17.6 Å². The molecule has 0 amide bonds. The summed E-state index contributed by atoms with van der Waals surface area (Å²) in [6, 6.07) is 0.109. The molecule has 0 aliphatic heterocycles. The predicted molar refractivity (Wildman–Crippen MR) is 57.1 cm³/mol. The number of ether oxygens (including phenoxy) is 1. The van der Waals surface area contributed by atoms with Crippen LogP contribution in [0, 0.1) is 0 Å². The molecule has 110 valence electrons. The van der Waals surface area contributed by atoms with Crippen molar-refractivity contribution in [2.24, 2.45) is 0 Å². The zero-order valence-corrected chi connectivity index (χ0v) is 10.5. The Labute approximate surface area is 107 Å². The summed E-state index contributed by atoms with van der Waals surface area (Å²) in [5, 5.41) is 6.45. The van der Waals surface area contributed by atoms with Crippen molar-refractivity contribution in [1.82, 2.24) is 15.5 Å². The standard InChI is InChI=1S/C10H15F4N3O2/c1-6(15-2)3-8-16-7(17-19-8)4-18-5-10(13,14)9(11)12/h6,9,15H,3-5H2,1-2H3. The summed E-state index contributed by atoms with van der Waals surface area (Å²) in [6.45, 7) is 0.102. The molecule has 1 aromatic heterocycles. The highest BCUT2D eigenvalue weighted by Crippen LogP contribution is 2.23. The molecule has 0 radical (unpaired) electrons. The second-order valence-electron chi connectivity index (χ2n) is 4.05. The number of hydrogen-bond donors (Lipinski definition) is 1. The first-order valence-electron chi connectivity index (χ1n) is 5.57. The van der Waals surface area contributed by atoms with Crippen molar-refractivity contribution in [1.29, 1.82) is 0 Å². The van der Waals surface area contributed by atoms with Crippen LogP contribution in [0.25, 0.3) is 0 Å². The average molecular weight is 285 g/mol. The summed E-state index contributed by atoms with van der Waals surface area (Å²) in [7, 11) is 1.76. The van der Waals surface area contributed by atoms with Crippen LogP contribution >= 0.6 is 0 Å². The summed E-state index contributed by atoms with van der Waals surface area (Å²) in [5.74, 6) is -3.81. The van der Waals surface area contributed by atoms with Gasteiger partial charge in [-0.15, -0.1) is 0 Å². The molecule has 1 N–H and O–H groups in total. The monoisotopic (exact) mass is 285 g/mol. The van der Waals surface area contributed by atoms with Gasteiger partial charge in [0.15, 0.2) is 5.82 Å². The van der Waals surface area contributed by atoms with Gasteiger partial charge in [0, 0.05) is 12.5 Å². The number of hydrogen-bond acceptors (Lipinski definition) is 5. The van der Waals surface area contributed by atoms with Crippen LogP contribution in [0.1, 0.15) is 18.6 Å². The summed E-state index contributed by atoms with van der Waals surface area (Å²) in [5.41, 5.74) is 0. The number of halogens is 4. The van der Waals surface area contributed by atoms with Crippen LogP contribution in [0.3, 0.4) is 0 Å². The molecule has 0 spiro atoms. The molecule has 0 saturated heterocycles. The molecule has 1 unspecified atom stereocenters. The number of alkyl halides is 4. The molecule has 0 bridgehead atoms. The lowest BCUT2D eigenvalue weighted by Gasteiger charge is -2.14. The van der Waals surface area contributed by atoms with Crippen molar-refractivity contribution in [3.63, 3.8) is 0 Å².